The van der Waals surface area contributed by atoms with Gasteiger partial charge in [0.25, 0.3) is 0 Å². The quantitative estimate of drug-likeness (QED) is 0.768. The van der Waals surface area contributed by atoms with Crippen molar-refractivity contribution in [2.24, 2.45) is 11.7 Å². The minimum Gasteiger partial charge on any atom is -0.376 e. The fraction of sp³-hybridized carbons (Fsp3) is 0.545. The van der Waals surface area contributed by atoms with Gasteiger partial charge in [0.05, 0.1) is 12.3 Å². The number of ether oxygens (including phenoxy) is 1. The highest BCUT2D eigenvalue weighted by atomic mass is 16.5. The first-order valence-corrected chi connectivity index (χ1v) is 5.10. The van der Waals surface area contributed by atoms with Crippen LogP contribution in [0.3, 0.4) is 0 Å². The molecule has 1 aromatic heterocycles. The predicted octanol–water partition coefficient (Wildman–Crippen LogP) is 1.47. The Labute approximate surface area is 84.3 Å². The second kappa shape index (κ2) is 4.53. The number of hydrogen-bond acceptors (Lipinski definition) is 3. The van der Waals surface area contributed by atoms with Crippen molar-refractivity contribution < 1.29 is 4.74 Å². The van der Waals surface area contributed by atoms with Crippen LogP contribution >= 0.6 is 0 Å². The van der Waals surface area contributed by atoms with E-state index in [2.05, 4.69) is 4.98 Å². The lowest BCUT2D eigenvalue weighted by Crippen LogP contribution is -2.02. The SMILES string of the molecule is NCc1cc(COCC2CC2)ccn1. The lowest BCUT2D eigenvalue weighted by molar-refractivity contribution is 0.111. The summed E-state index contributed by atoms with van der Waals surface area (Å²) in [6.07, 6.45) is 4.47. The van der Waals surface area contributed by atoms with Gasteiger partial charge in [-0.05, 0) is 36.5 Å². The molecule has 1 heterocycles. The molecule has 0 bridgehead atoms. The molecule has 0 spiro atoms. The van der Waals surface area contributed by atoms with Crippen LogP contribution in [0.1, 0.15) is 24.1 Å². The number of aromatic nitrogens is 1. The molecule has 3 heteroatoms. The summed E-state index contributed by atoms with van der Waals surface area (Å²) < 4.78 is 5.57. The number of hydrogen-bond donors (Lipinski definition) is 1. The van der Waals surface area contributed by atoms with Gasteiger partial charge in [0.1, 0.15) is 0 Å². The monoisotopic (exact) mass is 192 g/mol. The second-order valence-electron chi connectivity index (χ2n) is 3.82. The smallest absolute Gasteiger partial charge is 0.0718 e. The molecular formula is C11H16N2O. The van der Waals surface area contributed by atoms with Crippen LogP contribution in [-0.4, -0.2) is 11.6 Å². The van der Waals surface area contributed by atoms with Gasteiger partial charge >= 0.3 is 0 Å². The fourth-order valence-corrected chi connectivity index (χ4v) is 1.36. The van der Waals surface area contributed by atoms with Gasteiger partial charge in [-0.1, -0.05) is 0 Å². The summed E-state index contributed by atoms with van der Waals surface area (Å²) in [4.78, 5) is 4.13. The third-order valence-electron chi connectivity index (χ3n) is 2.41. The average Bonchev–Trinajstić information content (AvgIpc) is 3.02. The van der Waals surface area contributed by atoms with Crippen molar-refractivity contribution in [1.82, 2.24) is 4.98 Å². The molecule has 2 N–H and O–H groups in total. The Hall–Kier alpha value is -0.930. The molecule has 2 rings (SSSR count). The van der Waals surface area contributed by atoms with Gasteiger partial charge in [-0.2, -0.15) is 0 Å². The van der Waals surface area contributed by atoms with Crippen LogP contribution in [-0.2, 0) is 17.9 Å². The van der Waals surface area contributed by atoms with E-state index >= 15 is 0 Å². The first kappa shape index (κ1) is 9.62. The molecule has 0 atom stereocenters. The molecule has 3 nitrogen and oxygen atoms in total. The van der Waals surface area contributed by atoms with Crippen molar-refractivity contribution in [2.75, 3.05) is 6.61 Å². The summed E-state index contributed by atoms with van der Waals surface area (Å²) in [6.45, 7) is 2.09. The first-order valence-electron chi connectivity index (χ1n) is 5.10. The van der Waals surface area contributed by atoms with Crippen molar-refractivity contribution in [3.63, 3.8) is 0 Å². The Kier molecular flexibility index (Phi) is 3.11. The van der Waals surface area contributed by atoms with Crippen LogP contribution in [0.4, 0.5) is 0 Å². The van der Waals surface area contributed by atoms with Crippen molar-refractivity contribution in [2.45, 2.75) is 26.0 Å². The van der Waals surface area contributed by atoms with Crippen LogP contribution in [0.2, 0.25) is 0 Å². The van der Waals surface area contributed by atoms with E-state index in [4.69, 9.17) is 10.5 Å². The Balaban J connectivity index is 1.81. The van der Waals surface area contributed by atoms with Gasteiger partial charge in [0.2, 0.25) is 0 Å². The normalized spacial score (nSPS) is 15.8. The molecule has 1 aliphatic rings. The fourth-order valence-electron chi connectivity index (χ4n) is 1.36. The molecular weight excluding hydrogens is 176 g/mol. The topological polar surface area (TPSA) is 48.1 Å². The lowest BCUT2D eigenvalue weighted by Gasteiger charge is -2.04. The van der Waals surface area contributed by atoms with Crippen molar-refractivity contribution >= 4 is 0 Å². The van der Waals surface area contributed by atoms with E-state index in [1.807, 2.05) is 12.1 Å². The molecule has 0 saturated heterocycles. The van der Waals surface area contributed by atoms with E-state index in [1.165, 1.54) is 18.4 Å². The third-order valence-corrected chi connectivity index (χ3v) is 2.41. The van der Waals surface area contributed by atoms with E-state index in [0.717, 1.165) is 18.2 Å². The summed E-state index contributed by atoms with van der Waals surface area (Å²) in [6, 6.07) is 3.99. The Morgan fingerprint density at radius 1 is 1.50 bits per heavy atom. The Morgan fingerprint density at radius 3 is 3.07 bits per heavy atom. The predicted molar refractivity (Wildman–Crippen MR) is 54.5 cm³/mol. The summed E-state index contributed by atoms with van der Waals surface area (Å²) in [7, 11) is 0. The standard InChI is InChI=1S/C11H16N2O/c12-6-11-5-10(3-4-13-11)8-14-7-9-1-2-9/h3-5,9H,1-2,6-8,12H2. The number of nitrogens with zero attached hydrogens (tertiary/aromatic N) is 1. The zero-order valence-corrected chi connectivity index (χ0v) is 8.28. The summed E-state index contributed by atoms with van der Waals surface area (Å²) in [5.41, 5.74) is 7.60. The van der Waals surface area contributed by atoms with E-state index in [1.54, 1.807) is 6.20 Å². The van der Waals surface area contributed by atoms with Crippen LogP contribution < -0.4 is 5.73 Å². The molecule has 0 aromatic carbocycles. The van der Waals surface area contributed by atoms with Gasteiger partial charge in [0.15, 0.2) is 0 Å². The first-order chi connectivity index (χ1) is 6.88. The minimum absolute atomic E-state index is 0.496. The van der Waals surface area contributed by atoms with Crippen molar-refractivity contribution in [3.8, 4) is 0 Å². The maximum absolute atomic E-state index is 5.57. The molecule has 1 aliphatic carbocycles. The van der Waals surface area contributed by atoms with Crippen molar-refractivity contribution in [1.29, 1.82) is 0 Å². The van der Waals surface area contributed by atoms with E-state index < -0.39 is 0 Å². The molecule has 76 valence electrons. The van der Waals surface area contributed by atoms with Gasteiger partial charge in [-0.15, -0.1) is 0 Å². The Bertz CT molecular complexity index is 297. The van der Waals surface area contributed by atoms with E-state index in [-0.39, 0.29) is 0 Å². The van der Waals surface area contributed by atoms with Crippen LogP contribution in [0, 0.1) is 5.92 Å². The zero-order valence-electron chi connectivity index (χ0n) is 8.28. The number of nitrogens with two attached hydrogens (primary N) is 1. The molecule has 1 saturated carbocycles. The van der Waals surface area contributed by atoms with Crippen molar-refractivity contribution in [3.05, 3.63) is 29.6 Å². The lowest BCUT2D eigenvalue weighted by atomic mass is 10.2. The molecule has 1 fully saturated rings. The molecule has 0 radical (unpaired) electrons. The van der Waals surface area contributed by atoms with Crippen LogP contribution in [0.25, 0.3) is 0 Å². The van der Waals surface area contributed by atoms with Gasteiger partial charge in [-0.3, -0.25) is 4.98 Å². The van der Waals surface area contributed by atoms with Crippen LogP contribution in [0.5, 0.6) is 0 Å². The summed E-state index contributed by atoms with van der Waals surface area (Å²) in [5, 5.41) is 0. The zero-order chi connectivity index (χ0) is 9.80. The minimum atomic E-state index is 0.496. The van der Waals surface area contributed by atoms with E-state index in [9.17, 15) is 0 Å². The highest BCUT2D eigenvalue weighted by molar-refractivity contribution is 5.15. The van der Waals surface area contributed by atoms with Gasteiger partial charge in [0, 0.05) is 19.3 Å². The van der Waals surface area contributed by atoms with Crippen LogP contribution in [0.15, 0.2) is 18.3 Å². The molecule has 1 aromatic rings. The average molecular weight is 192 g/mol. The summed E-state index contributed by atoms with van der Waals surface area (Å²) >= 11 is 0. The highest BCUT2D eigenvalue weighted by Gasteiger charge is 2.20. The second-order valence-corrected chi connectivity index (χ2v) is 3.82. The Morgan fingerprint density at radius 2 is 2.36 bits per heavy atom. The summed E-state index contributed by atoms with van der Waals surface area (Å²) in [5.74, 6) is 0.825. The molecule has 0 amide bonds. The maximum atomic E-state index is 5.57. The van der Waals surface area contributed by atoms with Gasteiger partial charge < -0.3 is 10.5 Å². The number of pyridine rings is 1. The molecule has 0 aliphatic heterocycles. The van der Waals surface area contributed by atoms with E-state index in [0.29, 0.717) is 13.2 Å². The molecule has 0 unspecified atom stereocenters. The maximum Gasteiger partial charge on any atom is 0.0718 e. The molecule has 14 heavy (non-hydrogen) atoms. The largest absolute Gasteiger partial charge is 0.376 e. The number of rotatable bonds is 5. The third kappa shape index (κ3) is 2.79. The van der Waals surface area contributed by atoms with Gasteiger partial charge in [-0.25, -0.2) is 0 Å². The highest BCUT2D eigenvalue weighted by Crippen LogP contribution is 2.29.